The fourth-order valence-electron chi connectivity index (χ4n) is 5.02. The van der Waals surface area contributed by atoms with Gasteiger partial charge >= 0.3 is 0 Å². The van der Waals surface area contributed by atoms with E-state index < -0.39 is 0 Å². The number of hydrogen-bond acceptors (Lipinski definition) is 6. The third-order valence-corrected chi connectivity index (χ3v) is 6.57. The van der Waals surface area contributed by atoms with E-state index in [9.17, 15) is 0 Å². The smallest absolute Gasteiger partial charge is 0.231 e. The molecule has 3 atom stereocenters. The van der Waals surface area contributed by atoms with Crippen molar-refractivity contribution in [2.45, 2.75) is 18.6 Å². The number of rotatable bonds is 4. The molecule has 0 spiro atoms. The van der Waals surface area contributed by atoms with Crippen molar-refractivity contribution in [3.05, 3.63) is 83.4 Å². The number of anilines is 1. The molecular formula is C25H25N3O3. The van der Waals surface area contributed by atoms with E-state index in [2.05, 4.69) is 70.3 Å². The predicted molar refractivity (Wildman–Crippen MR) is 118 cm³/mol. The second-order valence-corrected chi connectivity index (χ2v) is 8.31. The van der Waals surface area contributed by atoms with Crippen molar-refractivity contribution in [1.29, 1.82) is 0 Å². The number of fused-ring (bicyclic) bond motifs is 4. The topological polar surface area (TPSA) is 55.0 Å². The van der Waals surface area contributed by atoms with Gasteiger partial charge in [0.25, 0.3) is 0 Å². The minimum Gasteiger partial charge on any atom is -0.497 e. The van der Waals surface area contributed by atoms with Crippen LogP contribution < -0.4 is 30.0 Å². The largest absolute Gasteiger partial charge is 0.497 e. The Bertz CT molecular complexity index is 1090. The lowest BCUT2D eigenvalue weighted by Gasteiger charge is -2.39. The first-order valence-corrected chi connectivity index (χ1v) is 10.7. The number of methoxy groups -OCH3 is 1. The molecule has 0 aromatic heterocycles. The maximum Gasteiger partial charge on any atom is 0.231 e. The van der Waals surface area contributed by atoms with Crippen LogP contribution >= 0.6 is 0 Å². The van der Waals surface area contributed by atoms with Crippen LogP contribution in [0.25, 0.3) is 0 Å². The first kappa shape index (κ1) is 18.5. The summed E-state index contributed by atoms with van der Waals surface area (Å²) in [5.41, 5.74) is 12.1. The first-order chi connectivity index (χ1) is 15.3. The molecular weight excluding hydrogens is 390 g/mol. The molecule has 6 heteroatoms. The molecule has 1 fully saturated rings. The van der Waals surface area contributed by atoms with Gasteiger partial charge in [-0.15, -0.1) is 0 Å². The highest BCUT2D eigenvalue weighted by molar-refractivity contribution is 5.66. The molecule has 31 heavy (non-hydrogen) atoms. The second kappa shape index (κ2) is 7.48. The number of nitrogens with one attached hydrogen (secondary N) is 2. The zero-order valence-electron chi connectivity index (χ0n) is 17.4. The Labute approximate surface area is 181 Å². The molecule has 158 valence electrons. The predicted octanol–water partition coefficient (Wildman–Crippen LogP) is 3.95. The zero-order chi connectivity index (χ0) is 20.8. The molecule has 6 rings (SSSR count). The van der Waals surface area contributed by atoms with Crippen molar-refractivity contribution in [2.24, 2.45) is 5.92 Å². The van der Waals surface area contributed by atoms with Crippen molar-refractivity contribution in [1.82, 2.24) is 10.9 Å². The molecule has 0 amide bonds. The quantitative estimate of drug-likeness (QED) is 0.673. The molecule has 6 nitrogen and oxygen atoms in total. The summed E-state index contributed by atoms with van der Waals surface area (Å²) in [4.78, 5) is 2.47. The van der Waals surface area contributed by atoms with Gasteiger partial charge in [-0.3, -0.25) is 0 Å². The summed E-state index contributed by atoms with van der Waals surface area (Å²) in [6.07, 6.45) is 0. The molecule has 3 aromatic rings. The molecule has 3 aliphatic heterocycles. The van der Waals surface area contributed by atoms with Crippen LogP contribution in [0.3, 0.4) is 0 Å². The average molecular weight is 415 g/mol. The van der Waals surface area contributed by atoms with Gasteiger partial charge in [0.15, 0.2) is 11.5 Å². The van der Waals surface area contributed by atoms with Crippen LogP contribution in [-0.2, 0) is 6.54 Å². The third kappa shape index (κ3) is 3.19. The summed E-state index contributed by atoms with van der Waals surface area (Å²) in [5.74, 6) is 2.89. The van der Waals surface area contributed by atoms with E-state index in [1.165, 1.54) is 22.4 Å². The number of ether oxygens (including phenoxy) is 3. The van der Waals surface area contributed by atoms with E-state index in [1.807, 2.05) is 12.1 Å². The van der Waals surface area contributed by atoms with Crippen LogP contribution in [-0.4, -0.2) is 20.4 Å². The van der Waals surface area contributed by atoms with E-state index in [1.54, 1.807) is 7.11 Å². The SMILES string of the molecule is COc1ccc(C2NNC3c4cc5c(cc4N(Cc4ccccc4)CC23)OCO5)cc1. The standard InChI is InChI=1S/C25H25N3O3/c1-29-18-9-7-17(8-10-18)24-20-14-28(13-16-5-3-2-4-6-16)21-12-23-22(30-15-31-23)11-19(21)25(20)27-26-24/h2-12,20,24-27H,13-15H2,1H3. The Morgan fingerprint density at radius 1 is 0.935 bits per heavy atom. The normalized spacial score (nSPS) is 23.4. The molecule has 0 saturated carbocycles. The highest BCUT2D eigenvalue weighted by Gasteiger charge is 2.44. The summed E-state index contributed by atoms with van der Waals surface area (Å²) in [5, 5.41) is 0. The Balaban J connectivity index is 1.38. The summed E-state index contributed by atoms with van der Waals surface area (Å²) in [6.45, 7) is 2.07. The van der Waals surface area contributed by atoms with Gasteiger partial charge in [-0.05, 0) is 34.9 Å². The lowest BCUT2D eigenvalue weighted by atomic mass is 9.81. The minimum absolute atomic E-state index is 0.198. The number of nitrogens with zero attached hydrogens (tertiary/aromatic N) is 1. The van der Waals surface area contributed by atoms with Gasteiger partial charge in [0.05, 0.1) is 19.2 Å². The van der Waals surface area contributed by atoms with Crippen molar-refractivity contribution in [3.63, 3.8) is 0 Å². The maximum atomic E-state index is 5.70. The lowest BCUT2D eigenvalue weighted by Crippen LogP contribution is -2.39. The molecule has 3 aromatic carbocycles. The summed E-state index contributed by atoms with van der Waals surface area (Å²) < 4.78 is 16.7. The molecule has 0 bridgehead atoms. The maximum absolute atomic E-state index is 5.70. The minimum atomic E-state index is 0.198. The highest BCUT2D eigenvalue weighted by Crippen LogP contribution is 2.49. The van der Waals surface area contributed by atoms with Gasteiger partial charge < -0.3 is 19.1 Å². The van der Waals surface area contributed by atoms with Crippen LogP contribution in [0.4, 0.5) is 5.69 Å². The number of benzene rings is 3. The Morgan fingerprint density at radius 3 is 2.45 bits per heavy atom. The fourth-order valence-corrected chi connectivity index (χ4v) is 5.02. The first-order valence-electron chi connectivity index (χ1n) is 10.7. The molecule has 0 aliphatic carbocycles. The Hall–Kier alpha value is -3.22. The third-order valence-electron chi connectivity index (χ3n) is 6.57. The van der Waals surface area contributed by atoms with Crippen LogP contribution in [0, 0.1) is 5.92 Å². The van der Waals surface area contributed by atoms with Gasteiger partial charge in [0.1, 0.15) is 5.75 Å². The molecule has 0 radical (unpaired) electrons. The van der Waals surface area contributed by atoms with E-state index in [0.717, 1.165) is 30.3 Å². The number of hydrazine groups is 1. The van der Waals surface area contributed by atoms with Crippen molar-refractivity contribution < 1.29 is 14.2 Å². The van der Waals surface area contributed by atoms with Crippen molar-refractivity contribution >= 4 is 5.69 Å². The highest BCUT2D eigenvalue weighted by atomic mass is 16.7. The molecule has 1 saturated heterocycles. The van der Waals surface area contributed by atoms with E-state index in [4.69, 9.17) is 14.2 Å². The zero-order valence-corrected chi connectivity index (χ0v) is 17.4. The second-order valence-electron chi connectivity index (χ2n) is 8.31. The molecule has 3 aliphatic rings. The Kier molecular flexibility index (Phi) is 4.47. The van der Waals surface area contributed by atoms with Crippen molar-refractivity contribution in [3.8, 4) is 17.2 Å². The van der Waals surface area contributed by atoms with E-state index >= 15 is 0 Å². The van der Waals surface area contributed by atoms with E-state index in [-0.39, 0.29) is 18.9 Å². The summed E-state index contributed by atoms with van der Waals surface area (Å²) in [6, 6.07) is 23.7. The summed E-state index contributed by atoms with van der Waals surface area (Å²) in [7, 11) is 1.70. The molecule has 3 unspecified atom stereocenters. The summed E-state index contributed by atoms with van der Waals surface area (Å²) >= 11 is 0. The number of hydrogen-bond donors (Lipinski definition) is 2. The van der Waals surface area contributed by atoms with Crippen LogP contribution in [0.15, 0.2) is 66.7 Å². The molecule has 3 heterocycles. The van der Waals surface area contributed by atoms with Crippen LogP contribution in [0.5, 0.6) is 17.2 Å². The fraction of sp³-hybridized carbons (Fsp3) is 0.280. The lowest BCUT2D eigenvalue weighted by molar-refractivity contribution is 0.174. The van der Waals surface area contributed by atoms with Gasteiger partial charge in [-0.1, -0.05) is 42.5 Å². The van der Waals surface area contributed by atoms with Gasteiger partial charge in [-0.2, -0.15) is 0 Å². The van der Waals surface area contributed by atoms with Crippen LogP contribution in [0.1, 0.15) is 28.8 Å². The monoisotopic (exact) mass is 415 g/mol. The van der Waals surface area contributed by atoms with Gasteiger partial charge in [-0.25, -0.2) is 10.9 Å². The average Bonchev–Trinajstić information content (AvgIpc) is 3.45. The molecule has 2 N–H and O–H groups in total. The van der Waals surface area contributed by atoms with Crippen LogP contribution in [0.2, 0.25) is 0 Å². The van der Waals surface area contributed by atoms with Gasteiger partial charge in [0.2, 0.25) is 6.79 Å². The van der Waals surface area contributed by atoms with Gasteiger partial charge in [0, 0.05) is 30.8 Å². The van der Waals surface area contributed by atoms with Crippen molar-refractivity contribution in [2.75, 3.05) is 25.3 Å². The Morgan fingerprint density at radius 2 is 1.68 bits per heavy atom. The van der Waals surface area contributed by atoms with E-state index in [0.29, 0.717) is 5.92 Å².